The third-order valence-corrected chi connectivity index (χ3v) is 2.71. The van der Waals surface area contributed by atoms with Crippen LogP contribution in [0, 0.1) is 5.41 Å². The van der Waals surface area contributed by atoms with Crippen molar-refractivity contribution in [1.82, 2.24) is 0 Å². The smallest absolute Gasteiger partial charge is 0.322 e. The largest absolute Gasteiger partial charge is 0.468 e. The van der Waals surface area contributed by atoms with Gasteiger partial charge in [-0.3, -0.25) is 9.59 Å². The van der Waals surface area contributed by atoms with Gasteiger partial charge in [0.25, 0.3) is 0 Å². The number of ether oxygens (including phenoxy) is 2. The zero-order valence-corrected chi connectivity index (χ0v) is 12.3. The SMILES string of the molecule is COC(=O)C(N)Cc1ccc(OC(=O)C(C)(C)C)cc1. The van der Waals surface area contributed by atoms with Crippen molar-refractivity contribution in [1.29, 1.82) is 0 Å². The third kappa shape index (κ3) is 4.66. The van der Waals surface area contributed by atoms with E-state index in [1.807, 2.05) is 0 Å². The molecule has 1 aromatic carbocycles. The molecule has 0 aliphatic rings. The van der Waals surface area contributed by atoms with Gasteiger partial charge in [0.2, 0.25) is 0 Å². The quantitative estimate of drug-likeness (QED) is 0.670. The first-order chi connectivity index (χ1) is 9.24. The molecule has 1 unspecified atom stereocenters. The van der Waals surface area contributed by atoms with E-state index in [1.165, 1.54) is 7.11 Å². The van der Waals surface area contributed by atoms with E-state index in [4.69, 9.17) is 10.5 Å². The summed E-state index contributed by atoms with van der Waals surface area (Å²) in [6.07, 6.45) is 0.375. The van der Waals surface area contributed by atoms with Gasteiger partial charge in [-0.1, -0.05) is 12.1 Å². The maximum absolute atomic E-state index is 11.7. The Kier molecular flexibility index (Phi) is 5.27. The number of esters is 2. The number of methoxy groups -OCH3 is 1. The van der Waals surface area contributed by atoms with E-state index in [2.05, 4.69) is 4.74 Å². The van der Waals surface area contributed by atoms with Crippen LogP contribution in [-0.4, -0.2) is 25.1 Å². The highest BCUT2D eigenvalue weighted by molar-refractivity contribution is 5.78. The molecule has 0 spiro atoms. The van der Waals surface area contributed by atoms with Gasteiger partial charge < -0.3 is 15.2 Å². The van der Waals surface area contributed by atoms with Crippen LogP contribution in [0.5, 0.6) is 5.75 Å². The summed E-state index contributed by atoms with van der Waals surface area (Å²) in [6.45, 7) is 5.37. The lowest BCUT2D eigenvalue weighted by Gasteiger charge is -2.16. The zero-order valence-electron chi connectivity index (χ0n) is 12.3. The second kappa shape index (κ2) is 6.52. The van der Waals surface area contributed by atoms with Gasteiger partial charge in [-0.05, 0) is 44.9 Å². The Labute approximate surface area is 119 Å². The van der Waals surface area contributed by atoms with Gasteiger partial charge in [0.1, 0.15) is 11.8 Å². The molecule has 0 saturated heterocycles. The Morgan fingerprint density at radius 1 is 1.20 bits per heavy atom. The van der Waals surface area contributed by atoms with Gasteiger partial charge in [-0.25, -0.2) is 0 Å². The van der Waals surface area contributed by atoms with Crippen LogP contribution in [0.2, 0.25) is 0 Å². The molecule has 5 heteroatoms. The van der Waals surface area contributed by atoms with Crippen molar-refractivity contribution >= 4 is 11.9 Å². The molecule has 1 aromatic rings. The molecule has 5 nitrogen and oxygen atoms in total. The van der Waals surface area contributed by atoms with Gasteiger partial charge in [0.05, 0.1) is 12.5 Å². The summed E-state index contributed by atoms with van der Waals surface area (Å²) in [5.41, 5.74) is 6.00. The van der Waals surface area contributed by atoms with Crippen molar-refractivity contribution < 1.29 is 19.1 Å². The second-order valence-corrected chi connectivity index (χ2v) is 5.62. The van der Waals surface area contributed by atoms with Crippen LogP contribution in [0.15, 0.2) is 24.3 Å². The van der Waals surface area contributed by atoms with E-state index in [1.54, 1.807) is 45.0 Å². The first kappa shape index (κ1) is 16.2. The molecule has 0 radical (unpaired) electrons. The fraction of sp³-hybridized carbons (Fsp3) is 0.467. The molecule has 1 atom stereocenters. The van der Waals surface area contributed by atoms with Crippen molar-refractivity contribution in [3.63, 3.8) is 0 Å². The third-order valence-electron chi connectivity index (χ3n) is 2.71. The minimum atomic E-state index is -0.692. The molecule has 0 saturated carbocycles. The van der Waals surface area contributed by atoms with Crippen LogP contribution in [0.25, 0.3) is 0 Å². The van der Waals surface area contributed by atoms with E-state index in [9.17, 15) is 9.59 Å². The minimum absolute atomic E-state index is 0.295. The Bertz CT molecular complexity index is 474. The van der Waals surface area contributed by atoms with Crippen molar-refractivity contribution in [3.8, 4) is 5.75 Å². The van der Waals surface area contributed by atoms with Gasteiger partial charge in [-0.2, -0.15) is 0 Å². The average Bonchev–Trinajstić information content (AvgIpc) is 2.38. The normalized spacial score (nSPS) is 12.7. The van der Waals surface area contributed by atoms with E-state index in [-0.39, 0.29) is 5.97 Å². The van der Waals surface area contributed by atoms with E-state index in [0.29, 0.717) is 12.2 Å². The van der Waals surface area contributed by atoms with Gasteiger partial charge in [0, 0.05) is 0 Å². The molecule has 2 N–H and O–H groups in total. The first-order valence-corrected chi connectivity index (χ1v) is 6.38. The zero-order chi connectivity index (χ0) is 15.3. The summed E-state index contributed by atoms with van der Waals surface area (Å²) in [5, 5.41) is 0. The summed E-state index contributed by atoms with van der Waals surface area (Å²) in [7, 11) is 1.30. The molecule has 0 fully saturated rings. The van der Waals surface area contributed by atoms with Crippen LogP contribution < -0.4 is 10.5 Å². The summed E-state index contributed by atoms with van der Waals surface area (Å²) < 4.78 is 9.81. The summed E-state index contributed by atoms with van der Waals surface area (Å²) >= 11 is 0. The Morgan fingerprint density at radius 3 is 2.20 bits per heavy atom. The fourth-order valence-corrected chi connectivity index (χ4v) is 1.44. The average molecular weight is 279 g/mol. The number of hydrogen-bond donors (Lipinski definition) is 1. The monoisotopic (exact) mass is 279 g/mol. The Balaban J connectivity index is 2.65. The van der Waals surface area contributed by atoms with Crippen molar-refractivity contribution in [2.45, 2.75) is 33.2 Å². The number of carbonyl (C=O) groups is 2. The van der Waals surface area contributed by atoms with E-state index < -0.39 is 17.4 Å². The number of rotatable bonds is 4. The van der Waals surface area contributed by atoms with Crippen LogP contribution in [0.1, 0.15) is 26.3 Å². The van der Waals surface area contributed by atoms with Gasteiger partial charge >= 0.3 is 11.9 Å². The summed E-state index contributed by atoms with van der Waals surface area (Å²) in [4.78, 5) is 22.9. The number of benzene rings is 1. The molecule has 0 aromatic heterocycles. The summed E-state index contributed by atoms with van der Waals surface area (Å²) in [5.74, 6) is -0.273. The lowest BCUT2D eigenvalue weighted by molar-refractivity contribution is -0.143. The molecule has 0 amide bonds. The highest BCUT2D eigenvalue weighted by Crippen LogP contribution is 2.20. The molecular weight excluding hydrogens is 258 g/mol. The molecular formula is C15H21NO4. The molecule has 110 valence electrons. The van der Waals surface area contributed by atoms with Gasteiger partial charge in [0.15, 0.2) is 0 Å². The van der Waals surface area contributed by atoms with Crippen LogP contribution in [0.3, 0.4) is 0 Å². The van der Waals surface area contributed by atoms with E-state index >= 15 is 0 Å². The highest BCUT2D eigenvalue weighted by atomic mass is 16.5. The van der Waals surface area contributed by atoms with Crippen molar-refractivity contribution in [2.75, 3.05) is 7.11 Å². The number of nitrogens with two attached hydrogens (primary N) is 1. The van der Waals surface area contributed by atoms with Crippen LogP contribution >= 0.6 is 0 Å². The second-order valence-electron chi connectivity index (χ2n) is 5.62. The van der Waals surface area contributed by atoms with Crippen molar-refractivity contribution in [2.24, 2.45) is 11.1 Å². The van der Waals surface area contributed by atoms with E-state index in [0.717, 1.165) is 5.56 Å². The molecule has 0 bridgehead atoms. The minimum Gasteiger partial charge on any atom is -0.468 e. The highest BCUT2D eigenvalue weighted by Gasteiger charge is 2.23. The predicted molar refractivity (Wildman–Crippen MR) is 75.2 cm³/mol. The Morgan fingerprint density at radius 2 is 1.75 bits per heavy atom. The van der Waals surface area contributed by atoms with Gasteiger partial charge in [-0.15, -0.1) is 0 Å². The number of hydrogen-bond acceptors (Lipinski definition) is 5. The molecule has 0 heterocycles. The topological polar surface area (TPSA) is 78.6 Å². The molecule has 0 aliphatic heterocycles. The predicted octanol–water partition coefficient (Wildman–Crippen LogP) is 1.68. The maximum Gasteiger partial charge on any atom is 0.322 e. The van der Waals surface area contributed by atoms with Crippen LogP contribution in [-0.2, 0) is 20.7 Å². The maximum atomic E-state index is 11.7. The first-order valence-electron chi connectivity index (χ1n) is 6.38. The fourth-order valence-electron chi connectivity index (χ4n) is 1.44. The number of carbonyl (C=O) groups excluding carboxylic acids is 2. The van der Waals surface area contributed by atoms with Crippen LogP contribution in [0.4, 0.5) is 0 Å². The molecule has 0 aliphatic carbocycles. The lowest BCUT2D eigenvalue weighted by atomic mass is 9.97. The molecule has 1 rings (SSSR count). The molecule has 20 heavy (non-hydrogen) atoms. The Hall–Kier alpha value is -1.88. The van der Waals surface area contributed by atoms with Crippen molar-refractivity contribution in [3.05, 3.63) is 29.8 Å². The lowest BCUT2D eigenvalue weighted by Crippen LogP contribution is -2.33. The summed E-state index contributed by atoms with van der Waals surface area (Å²) in [6, 6.07) is 6.22. The standard InChI is InChI=1S/C15H21NO4/c1-15(2,3)14(18)20-11-7-5-10(6-8-11)9-12(16)13(17)19-4/h5-8,12H,9,16H2,1-4H3.